The molecule has 0 aliphatic rings. The number of aliphatic hydroxyl groups is 1. The van der Waals surface area contributed by atoms with E-state index in [1.54, 1.807) is 12.8 Å². The van der Waals surface area contributed by atoms with Gasteiger partial charge in [0.25, 0.3) is 0 Å². The Hall–Kier alpha value is -0.690. The SMILES string of the molecule is CCC#CC(O)C(F)(F)F. The lowest BCUT2D eigenvalue weighted by Gasteiger charge is -2.06. The van der Waals surface area contributed by atoms with Crippen molar-refractivity contribution in [2.75, 3.05) is 0 Å². The van der Waals surface area contributed by atoms with Crippen LogP contribution in [0.25, 0.3) is 0 Å². The number of rotatable bonds is 0. The van der Waals surface area contributed by atoms with Crippen molar-refractivity contribution in [1.29, 1.82) is 0 Å². The van der Waals surface area contributed by atoms with Gasteiger partial charge in [0.1, 0.15) is 0 Å². The first-order chi connectivity index (χ1) is 4.48. The molecule has 0 saturated carbocycles. The first-order valence-corrected chi connectivity index (χ1v) is 2.71. The van der Waals surface area contributed by atoms with Crippen LogP contribution in [0.5, 0.6) is 0 Å². The van der Waals surface area contributed by atoms with Crippen molar-refractivity contribution in [3.8, 4) is 11.8 Å². The van der Waals surface area contributed by atoms with Gasteiger partial charge in [-0.1, -0.05) is 12.8 Å². The van der Waals surface area contributed by atoms with E-state index in [2.05, 4.69) is 5.92 Å². The van der Waals surface area contributed by atoms with Crippen LogP contribution in [-0.4, -0.2) is 17.4 Å². The van der Waals surface area contributed by atoms with Crippen molar-refractivity contribution < 1.29 is 18.3 Å². The molecule has 58 valence electrons. The van der Waals surface area contributed by atoms with Crippen molar-refractivity contribution in [2.24, 2.45) is 0 Å². The van der Waals surface area contributed by atoms with Crippen LogP contribution < -0.4 is 0 Å². The summed E-state index contributed by atoms with van der Waals surface area (Å²) in [5.74, 6) is 3.79. The van der Waals surface area contributed by atoms with Gasteiger partial charge in [0.05, 0.1) is 0 Å². The topological polar surface area (TPSA) is 20.2 Å². The Morgan fingerprint density at radius 1 is 1.50 bits per heavy atom. The van der Waals surface area contributed by atoms with E-state index in [4.69, 9.17) is 5.11 Å². The van der Waals surface area contributed by atoms with Gasteiger partial charge >= 0.3 is 6.18 Å². The molecule has 0 amide bonds. The zero-order valence-corrected chi connectivity index (χ0v) is 5.37. The fourth-order valence-corrected chi connectivity index (χ4v) is 0.281. The van der Waals surface area contributed by atoms with Gasteiger partial charge in [-0.2, -0.15) is 13.2 Å². The molecule has 0 aromatic carbocycles. The number of hydrogen-bond donors (Lipinski definition) is 1. The van der Waals surface area contributed by atoms with Crippen LogP contribution in [0.4, 0.5) is 13.2 Å². The third-order valence-corrected chi connectivity index (χ3v) is 0.726. The lowest BCUT2D eigenvalue weighted by molar-refractivity contribution is -0.184. The van der Waals surface area contributed by atoms with Gasteiger partial charge in [-0.3, -0.25) is 0 Å². The molecule has 0 radical (unpaired) electrons. The summed E-state index contributed by atoms with van der Waals surface area (Å²) < 4.78 is 34.3. The summed E-state index contributed by atoms with van der Waals surface area (Å²) in [4.78, 5) is 0. The molecule has 0 aromatic heterocycles. The van der Waals surface area contributed by atoms with Gasteiger partial charge in [-0.15, -0.1) is 5.92 Å². The number of aliphatic hydroxyl groups excluding tert-OH is 1. The third-order valence-electron chi connectivity index (χ3n) is 0.726. The lowest BCUT2D eigenvalue weighted by Crippen LogP contribution is -2.26. The Bertz CT molecular complexity index is 151. The maximum Gasteiger partial charge on any atom is 0.425 e. The normalized spacial score (nSPS) is 13.7. The lowest BCUT2D eigenvalue weighted by atomic mass is 10.3. The minimum Gasteiger partial charge on any atom is -0.372 e. The number of halogens is 3. The smallest absolute Gasteiger partial charge is 0.372 e. The van der Waals surface area contributed by atoms with Gasteiger partial charge in [0, 0.05) is 6.42 Å². The highest BCUT2D eigenvalue weighted by Gasteiger charge is 2.36. The van der Waals surface area contributed by atoms with Crippen molar-refractivity contribution in [3.05, 3.63) is 0 Å². The summed E-state index contributed by atoms with van der Waals surface area (Å²) in [6, 6.07) is 0. The second kappa shape index (κ2) is 3.47. The van der Waals surface area contributed by atoms with Crippen LogP contribution >= 0.6 is 0 Å². The van der Waals surface area contributed by atoms with Crippen LogP contribution in [0, 0.1) is 11.8 Å². The summed E-state index contributed by atoms with van der Waals surface area (Å²) in [5, 5.41) is 8.22. The maximum absolute atomic E-state index is 11.4. The van der Waals surface area contributed by atoms with E-state index in [-0.39, 0.29) is 0 Å². The molecule has 1 N–H and O–H groups in total. The van der Waals surface area contributed by atoms with Crippen LogP contribution in [-0.2, 0) is 0 Å². The third kappa shape index (κ3) is 3.36. The summed E-state index contributed by atoms with van der Waals surface area (Å²) >= 11 is 0. The zero-order chi connectivity index (χ0) is 8.20. The molecule has 0 saturated heterocycles. The summed E-state index contributed by atoms with van der Waals surface area (Å²) in [5.41, 5.74) is 0. The molecule has 1 atom stereocenters. The largest absolute Gasteiger partial charge is 0.425 e. The van der Waals surface area contributed by atoms with Gasteiger partial charge in [0.2, 0.25) is 6.10 Å². The molecule has 0 fully saturated rings. The Kier molecular flexibility index (Phi) is 3.23. The van der Waals surface area contributed by atoms with Crippen molar-refractivity contribution in [1.82, 2.24) is 0 Å². The van der Waals surface area contributed by atoms with Crippen LogP contribution in [0.15, 0.2) is 0 Å². The average Bonchev–Trinajstić information content (AvgIpc) is 1.80. The molecule has 0 aromatic rings. The molecular weight excluding hydrogens is 145 g/mol. The summed E-state index contributed by atoms with van der Waals surface area (Å²) in [7, 11) is 0. The summed E-state index contributed by atoms with van der Waals surface area (Å²) in [6.45, 7) is 1.61. The van der Waals surface area contributed by atoms with Gasteiger partial charge < -0.3 is 5.11 Å². The Labute approximate surface area is 56.9 Å². The van der Waals surface area contributed by atoms with E-state index in [1.165, 1.54) is 0 Å². The fourth-order valence-electron chi connectivity index (χ4n) is 0.281. The molecule has 0 rings (SSSR count). The second-order valence-corrected chi connectivity index (χ2v) is 1.62. The minimum absolute atomic E-state index is 0.313. The molecule has 0 spiro atoms. The molecule has 4 heteroatoms. The highest BCUT2D eigenvalue weighted by molar-refractivity contribution is 5.06. The molecular formula is C6H7F3O. The quantitative estimate of drug-likeness (QED) is 0.519. The zero-order valence-electron chi connectivity index (χ0n) is 5.37. The standard InChI is InChI=1S/C6H7F3O/c1-2-3-4-5(10)6(7,8)9/h5,10H,2H2,1H3. The molecule has 1 unspecified atom stereocenters. The maximum atomic E-state index is 11.4. The van der Waals surface area contributed by atoms with E-state index in [1.807, 2.05) is 0 Å². The highest BCUT2D eigenvalue weighted by Crippen LogP contribution is 2.18. The monoisotopic (exact) mass is 152 g/mol. The van der Waals surface area contributed by atoms with E-state index in [0.717, 1.165) is 0 Å². The van der Waals surface area contributed by atoms with Crippen molar-refractivity contribution in [2.45, 2.75) is 25.6 Å². The molecule has 0 heterocycles. The number of alkyl halides is 3. The van der Waals surface area contributed by atoms with E-state index in [0.29, 0.717) is 6.42 Å². The fraction of sp³-hybridized carbons (Fsp3) is 0.667. The van der Waals surface area contributed by atoms with Crippen LogP contribution in [0.1, 0.15) is 13.3 Å². The second-order valence-electron chi connectivity index (χ2n) is 1.62. The van der Waals surface area contributed by atoms with Gasteiger partial charge in [-0.25, -0.2) is 0 Å². The first kappa shape index (κ1) is 9.31. The molecule has 0 aliphatic heterocycles. The van der Waals surface area contributed by atoms with E-state index < -0.39 is 12.3 Å². The molecule has 0 aliphatic carbocycles. The minimum atomic E-state index is -4.61. The Morgan fingerprint density at radius 3 is 2.30 bits per heavy atom. The highest BCUT2D eigenvalue weighted by atomic mass is 19.4. The van der Waals surface area contributed by atoms with Crippen molar-refractivity contribution in [3.63, 3.8) is 0 Å². The average molecular weight is 152 g/mol. The predicted octanol–water partition coefficient (Wildman–Crippen LogP) is 1.32. The van der Waals surface area contributed by atoms with Crippen LogP contribution in [0.3, 0.4) is 0 Å². The van der Waals surface area contributed by atoms with E-state index in [9.17, 15) is 13.2 Å². The summed E-state index contributed by atoms with van der Waals surface area (Å²) in [6.07, 6.45) is -6.79. The molecule has 0 bridgehead atoms. The number of hydrogen-bond acceptors (Lipinski definition) is 1. The van der Waals surface area contributed by atoms with Gasteiger partial charge in [-0.05, 0) is 0 Å². The Balaban J connectivity index is 3.97. The predicted molar refractivity (Wildman–Crippen MR) is 30.1 cm³/mol. The Morgan fingerprint density at radius 2 is 2.00 bits per heavy atom. The van der Waals surface area contributed by atoms with Crippen molar-refractivity contribution >= 4 is 0 Å². The van der Waals surface area contributed by atoms with Gasteiger partial charge in [0.15, 0.2) is 0 Å². The molecule has 10 heavy (non-hydrogen) atoms. The van der Waals surface area contributed by atoms with Crippen LogP contribution in [0.2, 0.25) is 0 Å². The first-order valence-electron chi connectivity index (χ1n) is 2.71. The van der Waals surface area contributed by atoms with E-state index >= 15 is 0 Å². The molecule has 1 nitrogen and oxygen atoms in total.